The van der Waals surface area contributed by atoms with Gasteiger partial charge < -0.3 is 22.7 Å². The zero-order valence-electron chi connectivity index (χ0n) is 15.8. The standard InChI is InChI=1S/C16H24S2Si2.2Li/c1-11-9-13(17-15(11)19(3,4)5)14-10-12(2)16(18-14)20(6,7)8;;/h1-8H3;;/q-2;2*+1. The van der Waals surface area contributed by atoms with Crippen molar-refractivity contribution in [1.82, 2.24) is 0 Å². The first-order valence-electron chi connectivity index (χ1n) is 7.07. The number of aryl methyl sites for hydroxylation is 2. The van der Waals surface area contributed by atoms with Crippen molar-refractivity contribution in [2.45, 2.75) is 53.1 Å². The van der Waals surface area contributed by atoms with Crippen molar-refractivity contribution >= 4 is 47.8 Å². The van der Waals surface area contributed by atoms with Crippen LogP contribution in [0.1, 0.15) is 11.1 Å². The SMILES string of the molecule is Cc1[c-]c(-c2[c-]c(C)c([Si](C)(C)C)s2)sc1[Si](C)(C)C.[Li+].[Li+]. The van der Waals surface area contributed by atoms with E-state index in [0.29, 0.717) is 0 Å². The maximum absolute atomic E-state index is 3.61. The minimum absolute atomic E-state index is 0. The van der Waals surface area contributed by atoms with Crippen molar-refractivity contribution < 1.29 is 37.7 Å². The van der Waals surface area contributed by atoms with Crippen molar-refractivity contribution in [1.29, 1.82) is 0 Å². The third-order valence-electron chi connectivity index (χ3n) is 3.26. The molecule has 0 bridgehead atoms. The third-order valence-corrected chi connectivity index (χ3v) is 13.2. The van der Waals surface area contributed by atoms with Crippen LogP contribution in [-0.4, -0.2) is 16.1 Å². The summed E-state index contributed by atoms with van der Waals surface area (Å²) in [6, 6.07) is 7.21. The molecule has 0 fully saturated rings. The second kappa shape index (κ2) is 7.94. The molecule has 2 heterocycles. The van der Waals surface area contributed by atoms with Crippen LogP contribution in [0.3, 0.4) is 0 Å². The molecule has 6 heteroatoms. The van der Waals surface area contributed by atoms with Gasteiger partial charge in [-0.25, -0.2) is 12.1 Å². The second-order valence-electron chi connectivity index (χ2n) is 7.52. The average molecular weight is 351 g/mol. The van der Waals surface area contributed by atoms with Gasteiger partial charge >= 0.3 is 37.7 Å². The number of rotatable bonds is 3. The van der Waals surface area contributed by atoms with Crippen LogP contribution in [0.25, 0.3) is 9.75 Å². The number of thiophene rings is 2. The molecule has 0 saturated heterocycles. The topological polar surface area (TPSA) is 0 Å². The molecule has 0 unspecified atom stereocenters. The summed E-state index contributed by atoms with van der Waals surface area (Å²) in [7, 11) is -2.49. The molecule has 0 amide bonds. The van der Waals surface area contributed by atoms with Gasteiger partial charge in [0.15, 0.2) is 0 Å². The Balaban J connectivity index is 0.00000220. The molecule has 2 rings (SSSR count). The largest absolute Gasteiger partial charge is 1.00 e. The van der Waals surface area contributed by atoms with Crippen molar-refractivity contribution in [2.75, 3.05) is 0 Å². The van der Waals surface area contributed by atoms with Crippen molar-refractivity contribution in [2.24, 2.45) is 0 Å². The second-order valence-corrected chi connectivity index (χ2v) is 20.3. The van der Waals surface area contributed by atoms with E-state index < -0.39 is 16.1 Å². The van der Waals surface area contributed by atoms with Gasteiger partial charge in [-0.1, -0.05) is 53.1 Å². The van der Waals surface area contributed by atoms with Crippen LogP contribution in [0.2, 0.25) is 39.3 Å². The fraction of sp³-hybridized carbons (Fsp3) is 0.500. The molecule has 0 aliphatic rings. The maximum atomic E-state index is 3.61. The molecular formula is C16H24Li2S2Si2. The van der Waals surface area contributed by atoms with Gasteiger partial charge in [0.1, 0.15) is 0 Å². The van der Waals surface area contributed by atoms with E-state index in [4.69, 9.17) is 0 Å². The summed E-state index contributed by atoms with van der Waals surface area (Å²) in [6.45, 7) is 18.9. The molecule has 22 heavy (non-hydrogen) atoms. The van der Waals surface area contributed by atoms with Crippen LogP contribution in [-0.2, 0) is 0 Å². The van der Waals surface area contributed by atoms with E-state index in [1.54, 1.807) is 9.00 Å². The Morgan fingerprint density at radius 3 is 1.09 bits per heavy atom. The van der Waals surface area contributed by atoms with E-state index in [1.165, 1.54) is 20.9 Å². The molecule has 0 aliphatic carbocycles. The molecule has 0 radical (unpaired) electrons. The van der Waals surface area contributed by atoms with Crippen LogP contribution in [0.4, 0.5) is 0 Å². The van der Waals surface area contributed by atoms with E-state index >= 15 is 0 Å². The maximum Gasteiger partial charge on any atom is 1.00 e. The Bertz CT molecular complexity index is 575. The number of hydrogen-bond donors (Lipinski definition) is 0. The van der Waals surface area contributed by atoms with Crippen LogP contribution < -0.4 is 46.7 Å². The quantitative estimate of drug-likeness (QED) is 0.482. The van der Waals surface area contributed by atoms with Gasteiger partial charge in [-0.15, -0.1) is 9.00 Å². The Hall–Kier alpha value is 1.03. The van der Waals surface area contributed by atoms with E-state index in [0.717, 1.165) is 0 Å². The summed E-state index contributed by atoms with van der Waals surface area (Å²) >= 11 is 3.91. The average Bonchev–Trinajstić information content (AvgIpc) is 2.79. The van der Waals surface area contributed by atoms with Crippen molar-refractivity contribution in [3.8, 4) is 9.75 Å². The van der Waals surface area contributed by atoms with E-state index in [1.807, 2.05) is 22.7 Å². The molecule has 0 aromatic carbocycles. The Morgan fingerprint density at radius 2 is 0.909 bits per heavy atom. The van der Waals surface area contributed by atoms with Gasteiger partial charge in [0.2, 0.25) is 0 Å². The van der Waals surface area contributed by atoms with Gasteiger partial charge in [0.05, 0.1) is 0 Å². The summed E-state index contributed by atoms with van der Waals surface area (Å²) in [5, 5.41) is 0. The molecule has 2 aromatic heterocycles. The van der Waals surface area contributed by atoms with E-state index in [-0.39, 0.29) is 37.7 Å². The molecule has 0 spiro atoms. The van der Waals surface area contributed by atoms with Crippen LogP contribution in [0.15, 0.2) is 0 Å². The van der Waals surface area contributed by atoms with E-state index in [9.17, 15) is 0 Å². The van der Waals surface area contributed by atoms with Gasteiger partial charge in [0, 0.05) is 16.1 Å². The molecule has 110 valence electrons. The van der Waals surface area contributed by atoms with Gasteiger partial charge in [-0.05, 0) is 0 Å². The summed E-state index contributed by atoms with van der Waals surface area (Å²) in [4.78, 5) is 2.61. The van der Waals surface area contributed by atoms with Crippen LogP contribution >= 0.6 is 22.7 Å². The normalized spacial score (nSPS) is 11.8. The Kier molecular flexibility index (Phi) is 8.31. The Labute approximate surface area is 170 Å². The fourth-order valence-corrected chi connectivity index (χ4v) is 9.70. The zero-order chi connectivity index (χ0) is 15.3. The van der Waals surface area contributed by atoms with Gasteiger partial charge in [-0.3, -0.25) is 0 Å². The molecule has 0 aliphatic heterocycles. The summed E-state index contributed by atoms with van der Waals surface area (Å²) in [5.74, 6) is 0. The molecule has 0 nitrogen and oxygen atoms in total. The monoisotopic (exact) mass is 350 g/mol. The molecule has 0 saturated carbocycles. The summed E-state index contributed by atoms with van der Waals surface area (Å²) in [5.41, 5.74) is 2.72. The van der Waals surface area contributed by atoms with E-state index in [2.05, 4.69) is 65.3 Å². The first-order valence-corrected chi connectivity index (χ1v) is 15.7. The molecule has 0 N–H and O–H groups in total. The minimum atomic E-state index is -1.25. The molecular weight excluding hydrogens is 326 g/mol. The first kappa shape index (κ1) is 23.0. The summed E-state index contributed by atoms with van der Waals surface area (Å²) in [6.07, 6.45) is 0. The van der Waals surface area contributed by atoms with Crippen LogP contribution in [0.5, 0.6) is 0 Å². The molecule has 2 aromatic rings. The number of hydrogen-bond acceptors (Lipinski definition) is 2. The van der Waals surface area contributed by atoms with Crippen molar-refractivity contribution in [3.63, 3.8) is 0 Å². The Morgan fingerprint density at radius 1 is 0.636 bits per heavy atom. The van der Waals surface area contributed by atoms with Crippen LogP contribution in [0, 0.1) is 26.0 Å². The predicted octanol–water partition coefficient (Wildman–Crippen LogP) is -1.21. The fourth-order valence-electron chi connectivity index (χ4n) is 2.50. The molecule has 0 atom stereocenters. The minimum Gasteiger partial charge on any atom is -0.304 e. The summed E-state index contributed by atoms with van der Waals surface area (Å²) < 4.78 is 3.17. The van der Waals surface area contributed by atoms with Gasteiger partial charge in [-0.2, -0.15) is 20.9 Å². The zero-order valence-corrected chi connectivity index (χ0v) is 19.4. The third kappa shape index (κ3) is 5.01. The van der Waals surface area contributed by atoms with Crippen molar-refractivity contribution in [3.05, 3.63) is 23.3 Å². The predicted molar refractivity (Wildman–Crippen MR) is 101 cm³/mol. The smallest absolute Gasteiger partial charge is 0.304 e. The first-order chi connectivity index (χ1) is 9.00. The van der Waals surface area contributed by atoms with Gasteiger partial charge in [0.25, 0.3) is 0 Å².